The Kier molecular flexibility index (Phi) is 4.42. The molecule has 33 heavy (non-hydrogen) atoms. The molecule has 0 amide bonds. The number of nitrogens with zero attached hydrogens (tertiary/aromatic N) is 5. The third-order valence-electron chi connectivity index (χ3n) is 5.58. The monoisotopic (exact) mass is 440 g/mol. The van der Waals surface area contributed by atoms with Crippen molar-refractivity contribution < 1.29 is 5.11 Å². The second-order valence-electron chi connectivity index (χ2n) is 8.02. The number of aromatic nitrogens is 6. The van der Waals surface area contributed by atoms with Crippen LogP contribution in [0.5, 0.6) is 5.88 Å². The minimum absolute atomic E-state index is 0.245. The van der Waals surface area contributed by atoms with Crippen molar-refractivity contribution in [2.45, 2.75) is 25.4 Å². The molecule has 1 aliphatic rings. The van der Waals surface area contributed by atoms with Gasteiger partial charge in [0.25, 0.3) is 5.62 Å². The van der Waals surface area contributed by atoms with Crippen LogP contribution in [-0.4, -0.2) is 40.7 Å². The lowest BCUT2D eigenvalue weighted by Gasteiger charge is -2.08. The van der Waals surface area contributed by atoms with Crippen LogP contribution in [0.3, 0.4) is 0 Å². The van der Waals surface area contributed by atoms with Crippen LogP contribution in [0.15, 0.2) is 58.4 Å². The lowest BCUT2D eigenvalue weighted by Crippen LogP contribution is -2.24. The van der Waals surface area contributed by atoms with Crippen LogP contribution in [0.2, 0.25) is 0 Å². The van der Waals surface area contributed by atoms with Crippen molar-refractivity contribution in [2.75, 3.05) is 5.32 Å². The molecule has 3 aromatic heterocycles. The SMILES string of the molecule is O=c1[nH]c(O)c(C=c2cnn3c(=NC4CC4)nc(NCc4cccc5ccccc45)nc23)[nH]1. The van der Waals surface area contributed by atoms with Crippen LogP contribution in [0, 0.1) is 0 Å². The molecule has 10 nitrogen and oxygen atoms in total. The molecule has 0 spiro atoms. The number of benzene rings is 2. The van der Waals surface area contributed by atoms with Crippen molar-refractivity contribution >= 4 is 28.4 Å². The largest absolute Gasteiger partial charge is 0.493 e. The van der Waals surface area contributed by atoms with Gasteiger partial charge in [-0.25, -0.2) is 9.79 Å². The summed E-state index contributed by atoms with van der Waals surface area (Å²) in [6.45, 7) is 0.541. The first-order chi connectivity index (χ1) is 16.1. The van der Waals surface area contributed by atoms with E-state index in [0.717, 1.165) is 18.4 Å². The fraction of sp³-hybridized carbons (Fsp3) is 0.174. The Morgan fingerprint density at radius 1 is 1.15 bits per heavy atom. The summed E-state index contributed by atoms with van der Waals surface area (Å²) in [4.78, 5) is 30.3. The number of hydrogen-bond donors (Lipinski definition) is 4. The molecule has 6 rings (SSSR count). The predicted molar refractivity (Wildman–Crippen MR) is 123 cm³/mol. The van der Waals surface area contributed by atoms with Gasteiger partial charge in [-0.15, -0.1) is 0 Å². The summed E-state index contributed by atoms with van der Waals surface area (Å²) < 4.78 is 1.58. The molecule has 4 N–H and O–H groups in total. The van der Waals surface area contributed by atoms with E-state index in [4.69, 9.17) is 0 Å². The van der Waals surface area contributed by atoms with Crippen molar-refractivity contribution in [3.05, 3.63) is 81.2 Å². The van der Waals surface area contributed by atoms with Crippen LogP contribution in [0.1, 0.15) is 24.1 Å². The lowest BCUT2D eigenvalue weighted by molar-refractivity contribution is 0.454. The van der Waals surface area contributed by atoms with E-state index in [1.807, 2.05) is 18.2 Å². The maximum absolute atomic E-state index is 11.5. The van der Waals surface area contributed by atoms with E-state index in [9.17, 15) is 9.90 Å². The topological polar surface area (TPSA) is 136 Å². The quantitative estimate of drug-likeness (QED) is 0.324. The van der Waals surface area contributed by atoms with Crippen LogP contribution in [0.4, 0.5) is 5.95 Å². The third-order valence-corrected chi connectivity index (χ3v) is 5.58. The number of anilines is 1. The van der Waals surface area contributed by atoms with E-state index in [-0.39, 0.29) is 17.6 Å². The number of aromatic hydroxyl groups is 1. The summed E-state index contributed by atoms with van der Waals surface area (Å²) in [5.74, 6) is 0.183. The van der Waals surface area contributed by atoms with Crippen molar-refractivity contribution in [3.63, 3.8) is 0 Å². The Balaban J connectivity index is 1.44. The second-order valence-corrected chi connectivity index (χ2v) is 8.02. The van der Waals surface area contributed by atoms with E-state index in [1.165, 1.54) is 10.8 Å². The zero-order chi connectivity index (χ0) is 22.4. The summed E-state index contributed by atoms with van der Waals surface area (Å²) in [5.41, 5.74) is 1.87. The zero-order valence-corrected chi connectivity index (χ0v) is 17.5. The molecule has 10 heteroatoms. The highest BCUT2D eigenvalue weighted by Gasteiger charge is 2.21. The molecule has 0 aliphatic heterocycles. The number of aromatic amines is 2. The van der Waals surface area contributed by atoms with Gasteiger partial charge in [-0.3, -0.25) is 4.98 Å². The first kappa shape index (κ1) is 19.2. The first-order valence-corrected chi connectivity index (χ1v) is 10.7. The average Bonchev–Trinajstić information content (AvgIpc) is 3.46. The molecular formula is C23H20N8O2. The van der Waals surface area contributed by atoms with E-state index in [1.54, 1.807) is 16.8 Å². The molecule has 5 aromatic rings. The molecule has 1 fully saturated rings. The van der Waals surface area contributed by atoms with Crippen molar-refractivity contribution in [1.82, 2.24) is 29.5 Å². The molecule has 0 unspecified atom stereocenters. The fourth-order valence-corrected chi connectivity index (χ4v) is 3.78. The van der Waals surface area contributed by atoms with Gasteiger partial charge in [-0.05, 0) is 35.3 Å². The summed E-state index contributed by atoms with van der Waals surface area (Å²) in [6.07, 6.45) is 5.28. The van der Waals surface area contributed by atoms with Gasteiger partial charge >= 0.3 is 5.69 Å². The molecule has 0 saturated heterocycles. The van der Waals surface area contributed by atoms with Crippen LogP contribution in [-0.2, 0) is 6.54 Å². The first-order valence-electron chi connectivity index (χ1n) is 10.7. The number of rotatable bonds is 5. The van der Waals surface area contributed by atoms with Gasteiger partial charge in [0.15, 0.2) is 5.65 Å². The summed E-state index contributed by atoms with van der Waals surface area (Å²) >= 11 is 0. The number of H-pyrrole nitrogens is 2. The van der Waals surface area contributed by atoms with E-state index < -0.39 is 5.69 Å². The molecule has 0 radical (unpaired) electrons. The smallest absolute Gasteiger partial charge is 0.326 e. The van der Waals surface area contributed by atoms with Gasteiger partial charge in [0.05, 0.1) is 12.2 Å². The third kappa shape index (κ3) is 3.71. The van der Waals surface area contributed by atoms with Gasteiger partial charge in [0, 0.05) is 11.8 Å². The van der Waals surface area contributed by atoms with Gasteiger partial charge in [-0.2, -0.15) is 19.6 Å². The lowest BCUT2D eigenvalue weighted by atomic mass is 10.0. The average molecular weight is 440 g/mol. The number of fused-ring (bicyclic) bond motifs is 2. The molecule has 164 valence electrons. The maximum atomic E-state index is 11.5. The Bertz CT molecular complexity index is 1670. The molecular weight excluding hydrogens is 420 g/mol. The molecule has 3 heterocycles. The number of hydrogen-bond acceptors (Lipinski definition) is 7. The second kappa shape index (κ2) is 7.59. The standard InChI is InChI=1S/C23H20N8O2/c32-20-18(27-23(33)29-20)10-15-12-25-31-19(15)28-21(30-22(31)26-16-8-9-16)24-11-14-6-3-5-13-4-1-2-7-17(13)14/h1-7,10,12,16,32H,8-9,11H2,(H,24,26,30)(H2,27,29,33). The van der Waals surface area contributed by atoms with Crippen LogP contribution in [0.25, 0.3) is 22.5 Å². The van der Waals surface area contributed by atoms with Crippen molar-refractivity contribution in [2.24, 2.45) is 4.99 Å². The summed E-state index contributed by atoms with van der Waals surface area (Å²) in [7, 11) is 0. The van der Waals surface area contributed by atoms with Crippen LogP contribution < -0.4 is 21.8 Å². The number of imidazole rings is 1. The Labute approximate surface area is 186 Å². The van der Waals surface area contributed by atoms with E-state index in [0.29, 0.717) is 29.0 Å². The molecule has 0 atom stereocenters. The van der Waals surface area contributed by atoms with E-state index in [2.05, 4.69) is 59.6 Å². The fourth-order valence-electron chi connectivity index (χ4n) is 3.78. The normalized spacial score (nSPS) is 15.0. The molecule has 0 bridgehead atoms. The van der Waals surface area contributed by atoms with Gasteiger partial charge in [-0.1, -0.05) is 42.5 Å². The summed E-state index contributed by atoms with van der Waals surface area (Å²) in [5, 5.41) is 20.6. The maximum Gasteiger partial charge on any atom is 0.326 e. The minimum atomic E-state index is -0.494. The minimum Gasteiger partial charge on any atom is -0.493 e. The molecule has 1 aliphatic carbocycles. The van der Waals surface area contributed by atoms with E-state index >= 15 is 0 Å². The van der Waals surface area contributed by atoms with Gasteiger partial charge in [0.1, 0.15) is 5.69 Å². The highest BCUT2D eigenvalue weighted by Crippen LogP contribution is 2.22. The van der Waals surface area contributed by atoms with Crippen LogP contribution >= 0.6 is 0 Å². The summed E-state index contributed by atoms with van der Waals surface area (Å²) in [6, 6.07) is 14.7. The Hall–Kier alpha value is -4.47. The zero-order valence-electron chi connectivity index (χ0n) is 17.5. The predicted octanol–water partition coefficient (Wildman–Crippen LogP) is 1.22. The van der Waals surface area contributed by atoms with Gasteiger partial charge in [0.2, 0.25) is 11.8 Å². The molecule has 1 saturated carbocycles. The highest BCUT2D eigenvalue weighted by atomic mass is 16.3. The van der Waals surface area contributed by atoms with Crippen molar-refractivity contribution in [1.29, 1.82) is 0 Å². The Morgan fingerprint density at radius 2 is 2.00 bits per heavy atom. The molecule has 2 aromatic carbocycles. The highest BCUT2D eigenvalue weighted by molar-refractivity contribution is 5.85. The van der Waals surface area contributed by atoms with Gasteiger partial charge < -0.3 is 15.4 Å². The number of nitrogens with one attached hydrogen (secondary N) is 3. The van der Waals surface area contributed by atoms with Crippen molar-refractivity contribution in [3.8, 4) is 5.88 Å². The Morgan fingerprint density at radius 3 is 2.82 bits per heavy atom.